The van der Waals surface area contributed by atoms with Gasteiger partial charge in [-0.2, -0.15) is 0 Å². The van der Waals surface area contributed by atoms with E-state index in [1.54, 1.807) is 7.11 Å². The van der Waals surface area contributed by atoms with E-state index in [2.05, 4.69) is 15.6 Å². The average molecular weight is 314 g/mol. The van der Waals surface area contributed by atoms with Gasteiger partial charge in [-0.05, 0) is 56.4 Å². The molecule has 0 bridgehead atoms. The van der Waals surface area contributed by atoms with Crippen molar-refractivity contribution in [1.29, 1.82) is 0 Å². The summed E-state index contributed by atoms with van der Waals surface area (Å²) < 4.78 is 7.51. The normalized spacial score (nSPS) is 21.1. The van der Waals surface area contributed by atoms with Crippen molar-refractivity contribution >= 4 is 5.97 Å². The lowest BCUT2D eigenvalue weighted by atomic mass is 9.86. The van der Waals surface area contributed by atoms with Crippen molar-refractivity contribution in [2.75, 3.05) is 7.11 Å². The Kier molecular flexibility index (Phi) is 4.37. The van der Waals surface area contributed by atoms with Crippen LogP contribution in [0.15, 0.2) is 30.6 Å². The Morgan fingerprint density at radius 2 is 2.04 bits per heavy atom. The van der Waals surface area contributed by atoms with Gasteiger partial charge in [-0.3, -0.25) is 4.79 Å². The van der Waals surface area contributed by atoms with Gasteiger partial charge in [0.1, 0.15) is 11.6 Å². The van der Waals surface area contributed by atoms with Gasteiger partial charge in [-0.1, -0.05) is 0 Å². The van der Waals surface area contributed by atoms with E-state index in [1.807, 2.05) is 31.5 Å². The van der Waals surface area contributed by atoms with Crippen LogP contribution in [0.25, 0.3) is 11.4 Å². The van der Waals surface area contributed by atoms with Crippen molar-refractivity contribution in [2.24, 2.45) is 5.92 Å². The van der Waals surface area contributed by atoms with Crippen molar-refractivity contribution in [3.8, 4) is 17.1 Å². The molecule has 1 heterocycles. The van der Waals surface area contributed by atoms with Crippen LogP contribution < -0.4 is 4.74 Å². The maximum absolute atomic E-state index is 11.1. The summed E-state index contributed by atoms with van der Waals surface area (Å²) in [6.45, 7) is 2.02. The largest absolute Gasteiger partial charge is 0.496 e. The lowest BCUT2D eigenvalue weighted by Gasteiger charge is -2.28. The Labute approximate surface area is 135 Å². The molecule has 0 atom stereocenters. The van der Waals surface area contributed by atoms with Gasteiger partial charge >= 0.3 is 5.97 Å². The van der Waals surface area contributed by atoms with Crippen LogP contribution in [0.1, 0.15) is 37.3 Å². The fourth-order valence-corrected chi connectivity index (χ4v) is 3.45. The highest BCUT2D eigenvalue weighted by Crippen LogP contribution is 2.35. The Hall–Kier alpha value is -2.30. The number of imidazole rings is 1. The molecule has 0 amide bonds. The monoisotopic (exact) mass is 314 g/mol. The van der Waals surface area contributed by atoms with Gasteiger partial charge in [-0.15, -0.1) is 0 Å². The van der Waals surface area contributed by atoms with Crippen LogP contribution in [0.3, 0.4) is 0 Å². The molecule has 1 fully saturated rings. The maximum atomic E-state index is 11.1. The molecule has 1 saturated carbocycles. The number of ether oxygens (including phenoxy) is 1. The van der Waals surface area contributed by atoms with Crippen molar-refractivity contribution < 1.29 is 14.6 Å². The van der Waals surface area contributed by atoms with Crippen LogP contribution in [0.2, 0.25) is 0 Å². The van der Waals surface area contributed by atoms with Crippen LogP contribution in [0.4, 0.5) is 0 Å². The summed E-state index contributed by atoms with van der Waals surface area (Å²) in [4.78, 5) is 15.6. The van der Waals surface area contributed by atoms with E-state index in [0.29, 0.717) is 6.04 Å². The number of aliphatic carboxylic acids is 1. The van der Waals surface area contributed by atoms with E-state index in [1.165, 1.54) is 0 Å². The van der Waals surface area contributed by atoms with Gasteiger partial charge in [-0.25, -0.2) is 4.98 Å². The van der Waals surface area contributed by atoms with Crippen molar-refractivity contribution in [3.05, 3.63) is 36.2 Å². The standard InChI is InChI=1S/C18H22N2O3/c1-12-11-14(5-8-16(12)23-2)17-19-9-10-20(17)15-6-3-13(4-7-15)18(21)22/h5,8-11,13,15H,3-4,6-7H2,1-2H3,(H,21,22). The predicted octanol–water partition coefficient (Wildman–Crippen LogP) is 3.68. The maximum Gasteiger partial charge on any atom is 0.306 e. The molecule has 0 unspecified atom stereocenters. The number of aryl methyl sites for hydroxylation is 1. The molecule has 2 aromatic rings. The molecular weight excluding hydrogens is 292 g/mol. The zero-order valence-electron chi connectivity index (χ0n) is 13.5. The first-order valence-electron chi connectivity index (χ1n) is 8.00. The van der Waals surface area contributed by atoms with Gasteiger partial charge in [0.05, 0.1) is 13.0 Å². The third-order valence-corrected chi connectivity index (χ3v) is 4.76. The quantitative estimate of drug-likeness (QED) is 0.935. The third kappa shape index (κ3) is 3.09. The highest BCUT2D eigenvalue weighted by Gasteiger charge is 2.27. The second-order valence-corrected chi connectivity index (χ2v) is 6.19. The molecule has 1 aromatic carbocycles. The lowest BCUT2D eigenvalue weighted by molar-refractivity contribution is -0.143. The molecule has 5 heteroatoms. The smallest absolute Gasteiger partial charge is 0.306 e. The van der Waals surface area contributed by atoms with Gasteiger partial charge in [0.25, 0.3) is 0 Å². The van der Waals surface area contributed by atoms with Crippen LogP contribution in [-0.4, -0.2) is 27.7 Å². The molecule has 0 spiro atoms. The number of hydrogen-bond acceptors (Lipinski definition) is 3. The molecule has 1 N–H and O–H groups in total. The third-order valence-electron chi connectivity index (χ3n) is 4.76. The molecule has 5 nitrogen and oxygen atoms in total. The fraction of sp³-hybridized carbons (Fsp3) is 0.444. The second-order valence-electron chi connectivity index (χ2n) is 6.19. The molecule has 0 radical (unpaired) electrons. The Balaban J connectivity index is 1.83. The number of methoxy groups -OCH3 is 1. The molecule has 122 valence electrons. The minimum Gasteiger partial charge on any atom is -0.496 e. The molecule has 1 aliphatic carbocycles. The average Bonchev–Trinajstić information content (AvgIpc) is 3.04. The zero-order chi connectivity index (χ0) is 16.4. The Bertz CT molecular complexity index is 700. The minimum atomic E-state index is -0.667. The van der Waals surface area contributed by atoms with Crippen LogP contribution in [-0.2, 0) is 4.79 Å². The number of carboxylic acid groups (broad SMARTS) is 1. The summed E-state index contributed by atoms with van der Waals surface area (Å²) in [5, 5.41) is 9.14. The molecule has 1 aromatic heterocycles. The van der Waals surface area contributed by atoms with Crippen molar-refractivity contribution in [3.63, 3.8) is 0 Å². The Morgan fingerprint density at radius 1 is 1.30 bits per heavy atom. The molecule has 23 heavy (non-hydrogen) atoms. The summed E-state index contributed by atoms with van der Waals surface area (Å²) in [5.74, 6) is 0.949. The first-order chi connectivity index (χ1) is 11.1. The van der Waals surface area contributed by atoms with Crippen LogP contribution >= 0.6 is 0 Å². The van der Waals surface area contributed by atoms with Gasteiger partial charge < -0.3 is 14.4 Å². The summed E-state index contributed by atoms with van der Waals surface area (Å²) in [6.07, 6.45) is 7.06. The predicted molar refractivity (Wildman–Crippen MR) is 87.6 cm³/mol. The van der Waals surface area contributed by atoms with E-state index in [-0.39, 0.29) is 5.92 Å². The van der Waals surface area contributed by atoms with E-state index in [4.69, 9.17) is 9.84 Å². The minimum absolute atomic E-state index is 0.193. The van der Waals surface area contributed by atoms with E-state index < -0.39 is 5.97 Å². The second kappa shape index (κ2) is 6.44. The van der Waals surface area contributed by atoms with E-state index >= 15 is 0 Å². The van der Waals surface area contributed by atoms with Crippen molar-refractivity contribution in [1.82, 2.24) is 9.55 Å². The van der Waals surface area contributed by atoms with Crippen molar-refractivity contribution in [2.45, 2.75) is 38.6 Å². The highest BCUT2D eigenvalue weighted by molar-refractivity contribution is 5.70. The highest BCUT2D eigenvalue weighted by atomic mass is 16.5. The summed E-state index contributed by atoms with van der Waals surface area (Å²) in [6, 6.07) is 6.39. The SMILES string of the molecule is COc1ccc(-c2nccn2C2CCC(C(=O)O)CC2)cc1C. The first kappa shape index (κ1) is 15.6. The number of benzene rings is 1. The van der Waals surface area contributed by atoms with Crippen LogP contribution in [0.5, 0.6) is 5.75 Å². The lowest BCUT2D eigenvalue weighted by Crippen LogP contribution is -2.23. The number of aromatic nitrogens is 2. The topological polar surface area (TPSA) is 64.4 Å². The number of nitrogens with zero attached hydrogens (tertiary/aromatic N) is 2. The fourth-order valence-electron chi connectivity index (χ4n) is 3.45. The van der Waals surface area contributed by atoms with Gasteiger partial charge in [0.15, 0.2) is 0 Å². The number of carboxylic acids is 1. The molecular formula is C18H22N2O3. The number of hydrogen-bond donors (Lipinski definition) is 1. The summed E-state index contributed by atoms with van der Waals surface area (Å²) in [5.41, 5.74) is 2.14. The van der Waals surface area contributed by atoms with Gasteiger partial charge in [0.2, 0.25) is 0 Å². The van der Waals surface area contributed by atoms with Crippen LogP contribution in [0, 0.1) is 12.8 Å². The first-order valence-corrected chi connectivity index (χ1v) is 8.00. The van der Waals surface area contributed by atoms with E-state index in [9.17, 15) is 4.79 Å². The summed E-state index contributed by atoms with van der Waals surface area (Å²) >= 11 is 0. The number of carbonyl (C=O) groups is 1. The molecule has 1 aliphatic rings. The van der Waals surface area contributed by atoms with E-state index in [0.717, 1.165) is 48.4 Å². The zero-order valence-corrected chi connectivity index (χ0v) is 13.5. The van der Waals surface area contributed by atoms with Gasteiger partial charge in [0, 0.05) is 24.0 Å². The Morgan fingerprint density at radius 3 is 2.65 bits per heavy atom. The molecule has 3 rings (SSSR count). The summed E-state index contributed by atoms with van der Waals surface area (Å²) in [7, 11) is 1.67. The molecule has 0 saturated heterocycles. The molecule has 0 aliphatic heterocycles. The number of rotatable bonds is 4.